The minimum atomic E-state index is -0.238. The molecule has 1 aliphatic heterocycles. The molecule has 3 rings (SSSR count). The van der Waals surface area contributed by atoms with Crippen LogP contribution in [0.3, 0.4) is 0 Å². The standard InChI is InChI=1S/C24H24N3O3/c25-18-21(24(29)27-13-5-14-27)16-20-8-4-9-22(17-20)30-15-11-23(28)26-12-10-19-6-2-1-3-7-19/h1-4,6-9,12,16-17H,5,10-11,13-15H2,(H,26,28). The van der Waals surface area contributed by atoms with E-state index in [2.05, 4.69) is 5.32 Å². The molecule has 1 aliphatic rings. The van der Waals surface area contributed by atoms with Gasteiger partial charge in [-0.3, -0.25) is 9.59 Å². The molecule has 1 saturated heterocycles. The summed E-state index contributed by atoms with van der Waals surface area (Å²) in [6.45, 7) is 3.37. The molecule has 2 aromatic rings. The van der Waals surface area contributed by atoms with Crippen molar-refractivity contribution in [3.05, 3.63) is 77.8 Å². The Bertz CT molecular complexity index is 944. The van der Waals surface area contributed by atoms with Crippen LogP contribution in [0.2, 0.25) is 0 Å². The van der Waals surface area contributed by atoms with Gasteiger partial charge in [0.25, 0.3) is 5.91 Å². The van der Waals surface area contributed by atoms with Crippen LogP contribution in [0, 0.1) is 17.9 Å². The molecule has 0 aromatic heterocycles. The minimum absolute atomic E-state index is 0.111. The average molecular weight is 402 g/mol. The van der Waals surface area contributed by atoms with E-state index in [1.807, 2.05) is 36.4 Å². The summed E-state index contributed by atoms with van der Waals surface area (Å²) in [5.74, 6) is 0.228. The summed E-state index contributed by atoms with van der Waals surface area (Å²) in [5.41, 5.74) is 1.95. The molecule has 0 saturated carbocycles. The molecule has 0 bridgehead atoms. The Balaban J connectivity index is 1.44. The second-order valence-corrected chi connectivity index (χ2v) is 6.95. The SMILES string of the molecule is N#CC(=Cc1cccc(OCCC(=O)N[CH]Cc2ccccc2)c1)C(=O)N1CCC1. The van der Waals surface area contributed by atoms with Crippen LogP contribution in [0.1, 0.15) is 24.0 Å². The zero-order chi connectivity index (χ0) is 21.2. The molecule has 0 aliphatic carbocycles. The fourth-order valence-corrected chi connectivity index (χ4v) is 2.92. The normalized spacial score (nSPS) is 13.2. The zero-order valence-electron chi connectivity index (χ0n) is 16.7. The highest BCUT2D eigenvalue weighted by Crippen LogP contribution is 2.18. The summed E-state index contributed by atoms with van der Waals surface area (Å²) in [5, 5.41) is 12.1. The first kappa shape index (κ1) is 21.1. The van der Waals surface area contributed by atoms with Crippen LogP contribution < -0.4 is 10.1 Å². The van der Waals surface area contributed by atoms with E-state index in [0.29, 0.717) is 30.8 Å². The van der Waals surface area contributed by atoms with E-state index in [1.165, 1.54) is 0 Å². The molecule has 1 heterocycles. The number of carbonyl (C=O) groups is 2. The van der Waals surface area contributed by atoms with E-state index in [1.54, 1.807) is 41.8 Å². The summed E-state index contributed by atoms with van der Waals surface area (Å²) in [4.78, 5) is 25.8. The van der Waals surface area contributed by atoms with Gasteiger partial charge in [-0.25, -0.2) is 0 Å². The van der Waals surface area contributed by atoms with Crippen molar-refractivity contribution < 1.29 is 14.3 Å². The molecule has 2 amide bonds. The molecular weight excluding hydrogens is 378 g/mol. The number of nitriles is 1. The summed E-state index contributed by atoms with van der Waals surface area (Å²) in [7, 11) is 0. The first-order chi connectivity index (χ1) is 14.7. The first-order valence-electron chi connectivity index (χ1n) is 9.94. The predicted molar refractivity (Wildman–Crippen MR) is 114 cm³/mol. The molecule has 1 fully saturated rings. The summed E-state index contributed by atoms with van der Waals surface area (Å²) in [6.07, 6.45) is 3.44. The Kier molecular flexibility index (Phi) is 7.62. The third kappa shape index (κ3) is 6.21. The fourth-order valence-electron chi connectivity index (χ4n) is 2.92. The number of likely N-dealkylation sites (tertiary alicyclic amines) is 1. The molecule has 2 aromatic carbocycles. The maximum atomic E-state index is 12.2. The van der Waals surface area contributed by atoms with Crippen molar-refractivity contribution in [3.63, 3.8) is 0 Å². The quantitative estimate of drug-likeness (QED) is 0.516. The maximum Gasteiger partial charge on any atom is 0.264 e. The molecule has 0 atom stereocenters. The number of hydrogen-bond acceptors (Lipinski definition) is 4. The Morgan fingerprint density at radius 2 is 1.93 bits per heavy atom. The highest BCUT2D eigenvalue weighted by atomic mass is 16.5. The van der Waals surface area contributed by atoms with Crippen LogP contribution in [0.15, 0.2) is 60.2 Å². The third-order valence-electron chi connectivity index (χ3n) is 4.70. The van der Waals surface area contributed by atoms with Crippen molar-refractivity contribution in [1.82, 2.24) is 10.2 Å². The third-order valence-corrected chi connectivity index (χ3v) is 4.70. The Morgan fingerprint density at radius 1 is 1.13 bits per heavy atom. The van der Waals surface area contributed by atoms with Gasteiger partial charge in [-0.1, -0.05) is 42.5 Å². The second-order valence-electron chi connectivity index (χ2n) is 6.95. The predicted octanol–water partition coefficient (Wildman–Crippen LogP) is 3.12. The summed E-state index contributed by atoms with van der Waals surface area (Å²) in [6, 6.07) is 19.0. The molecule has 0 unspecified atom stereocenters. The number of benzene rings is 2. The van der Waals surface area contributed by atoms with Crippen molar-refractivity contribution in [2.24, 2.45) is 0 Å². The number of ether oxygens (including phenoxy) is 1. The van der Waals surface area contributed by atoms with Gasteiger partial charge in [-0.05, 0) is 42.2 Å². The van der Waals surface area contributed by atoms with Gasteiger partial charge >= 0.3 is 0 Å². The Hall–Kier alpha value is -3.59. The summed E-state index contributed by atoms with van der Waals surface area (Å²) < 4.78 is 5.66. The lowest BCUT2D eigenvalue weighted by atomic mass is 10.1. The van der Waals surface area contributed by atoms with Crippen LogP contribution in [0.4, 0.5) is 0 Å². The lowest BCUT2D eigenvalue weighted by Gasteiger charge is -2.30. The Labute approximate surface area is 176 Å². The van der Waals surface area contributed by atoms with Crippen LogP contribution in [-0.2, 0) is 16.0 Å². The summed E-state index contributed by atoms with van der Waals surface area (Å²) >= 11 is 0. The smallest absolute Gasteiger partial charge is 0.264 e. The largest absolute Gasteiger partial charge is 0.493 e. The highest BCUT2D eigenvalue weighted by Gasteiger charge is 2.23. The van der Waals surface area contributed by atoms with Crippen molar-refractivity contribution in [1.29, 1.82) is 5.26 Å². The van der Waals surface area contributed by atoms with Crippen LogP contribution in [0.5, 0.6) is 5.75 Å². The molecule has 1 N–H and O–H groups in total. The van der Waals surface area contributed by atoms with Gasteiger partial charge in [0, 0.05) is 13.1 Å². The second kappa shape index (κ2) is 10.8. The monoisotopic (exact) mass is 402 g/mol. The maximum absolute atomic E-state index is 12.2. The number of hydrogen-bond donors (Lipinski definition) is 1. The molecule has 6 nitrogen and oxygen atoms in total. The zero-order valence-corrected chi connectivity index (χ0v) is 16.7. The van der Waals surface area contributed by atoms with Gasteiger partial charge in [-0.15, -0.1) is 0 Å². The van der Waals surface area contributed by atoms with Crippen LogP contribution >= 0.6 is 0 Å². The number of nitrogens with zero attached hydrogens (tertiary/aromatic N) is 2. The van der Waals surface area contributed by atoms with E-state index in [9.17, 15) is 14.9 Å². The molecular formula is C24H24N3O3. The van der Waals surface area contributed by atoms with E-state index >= 15 is 0 Å². The lowest BCUT2D eigenvalue weighted by Crippen LogP contribution is -2.42. The average Bonchev–Trinajstić information content (AvgIpc) is 2.72. The van der Waals surface area contributed by atoms with Gasteiger partial charge in [-0.2, -0.15) is 5.26 Å². The van der Waals surface area contributed by atoms with E-state index in [4.69, 9.17) is 4.74 Å². The lowest BCUT2D eigenvalue weighted by molar-refractivity contribution is -0.129. The molecule has 30 heavy (non-hydrogen) atoms. The van der Waals surface area contributed by atoms with E-state index in [-0.39, 0.29) is 30.4 Å². The number of carbonyl (C=O) groups excluding carboxylic acids is 2. The van der Waals surface area contributed by atoms with Gasteiger partial charge in [0.15, 0.2) is 0 Å². The van der Waals surface area contributed by atoms with Gasteiger partial charge in [0.05, 0.1) is 19.6 Å². The topological polar surface area (TPSA) is 82.4 Å². The van der Waals surface area contributed by atoms with Crippen molar-refractivity contribution in [2.75, 3.05) is 19.7 Å². The fraction of sp³-hybridized carbons (Fsp3) is 0.250. The van der Waals surface area contributed by atoms with Crippen LogP contribution in [0.25, 0.3) is 6.08 Å². The number of amides is 2. The van der Waals surface area contributed by atoms with Crippen molar-refractivity contribution in [3.8, 4) is 11.8 Å². The number of nitrogens with one attached hydrogen (secondary N) is 1. The van der Waals surface area contributed by atoms with Crippen LogP contribution in [-0.4, -0.2) is 36.4 Å². The number of rotatable bonds is 9. The van der Waals surface area contributed by atoms with Crippen molar-refractivity contribution >= 4 is 17.9 Å². The Morgan fingerprint density at radius 3 is 2.63 bits per heavy atom. The molecule has 6 heteroatoms. The van der Waals surface area contributed by atoms with Gasteiger partial charge in [0.1, 0.15) is 17.4 Å². The van der Waals surface area contributed by atoms with Crippen molar-refractivity contribution in [2.45, 2.75) is 19.3 Å². The van der Waals surface area contributed by atoms with Gasteiger partial charge in [0.2, 0.25) is 5.91 Å². The van der Waals surface area contributed by atoms with E-state index < -0.39 is 0 Å². The first-order valence-corrected chi connectivity index (χ1v) is 9.94. The van der Waals surface area contributed by atoms with Gasteiger partial charge < -0.3 is 15.0 Å². The molecule has 1 radical (unpaired) electrons. The van der Waals surface area contributed by atoms with E-state index in [0.717, 1.165) is 12.0 Å². The minimum Gasteiger partial charge on any atom is -0.493 e. The molecule has 153 valence electrons. The molecule has 0 spiro atoms. The highest BCUT2D eigenvalue weighted by molar-refractivity contribution is 6.02.